The average molecular weight is 306 g/mol. The fraction of sp³-hybridized carbons (Fsp3) is 0.714. The van der Waals surface area contributed by atoms with Crippen molar-refractivity contribution in [2.45, 2.75) is 38.3 Å². The number of nitrogens with one attached hydrogen (secondary N) is 1. The van der Waals surface area contributed by atoms with E-state index < -0.39 is 0 Å². The van der Waals surface area contributed by atoms with Gasteiger partial charge in [-0.2, -0.15) is 5.10 Å². The van der Waals surface area contributed by atoms with Crippen LogP contribution >= 0.6 is 0 Å². The first-order valence-electron chi connectivity index (χ1n) is 7.88. The minimum Gasteiger partial charge on any atom is -0.341 e. The van der Waals surface area contributed by atoms with Crippen molar-refractivity contribution in [2.24, 2.45) is 0 Å². The molecule has 3 heterocycles. The molecule has 3 amide bonds. The van der Waals surface area contributed by atoms with Crippen LogP contribution in [0.3, 0.4) is 0 Å². The second kappa shape index (κ2) is 6.76. The van der Waals surface area contributed by atoms with E-state index in [4.69, 9.17) is 0 Å². The summed E-state index contributed by atoms with van der Waals surface area (Å²) in [5, 5.41) is 6.86. The third-order valence-electron chi connectivity index (χ3n) is 4.32. The van der Waals surface area contributed by atoms with Crippen LogP contribution in [-0.2, 0) is 11.3 Å². The lowest BCUT2D eigenvalue weighted by molar-refractivity contribution is -0.133. The van der Waals surface area contributed by atoms with E-state index in [-0.39, 0.29) is 18.0 Å². The van der Waals surface area contributed by atoms with Crippen molar-refractivity contribution in [3.05, 3.63) is 12.7 Å². The molecule has 2 saturated heterocycles. The van der Waals surface area contributed by atoms with Gasteiger partial charge in [0, 0.05) is 39.1 Å². The van der Waals surface area contributed by atoms with Crippen LogP contribution in [0, 0.1) is 0 Å². The number of nitrogens with zero attached hydrogens (tertiary/aromatic N) is 5. The van der Waals surface area contributed by atoms with E-state index >= 15 is 0 Å². The highest BCUT2D eigenvalue weighted by Crippen LogP contribution is 2.18. The molecule has 2 fully saturated rings. The fourth-order valence-corrected chi connectivity index (χ4v) is 3.17. The predicted octanol–water partition coefficient (Wildman–Crippen LogP) is 0.0745. The summed E-state index contributed by atoms with van der Waals surface area (Å²) < 4.78 is 1.74. The summed E-state index contributed by atoms with van der Waals surface area (Å²) in [6.07, 6.45) is 6.37. The lowest BCUT2D eigenvalue weighted by atomic mass is 10.0. The summed E-state index contributed by atoms with van der Waals surface area (Å²) in [7, 11) is 0. The van der Waals surface area contributed by atoms with Gasteiger partial charge in [-0.3, -0.25) is 9.48 Å². The van der Waals surface area contributed by atoms with E-state index in [1.165, 1.54) is 6.33 Å². The zero-order chi connectivity index (χ0) is 15.4. The zero-order valence-electron chi connectivity index (χ0n) is 12.6. The van der Waals surface area contributed by atoms with Crippen molar-refractivity contribution in [2.75, 3.05) is 26.2 Å². The molecule has 0 aromatic carbocycles. The van der Waals surface area contributed by atoms with Crippen LogP contribution in [0.1, 0.15) is 25.7 Å². The monoisotopic (exact) mass is 306 g/mol. The number of rotatable bonds is 5. The van der Waals surface area contributed by atoms with E-state index in [9.17, 15) is 9.59 Å². The number of piperidine rings is 1. The minimum atomic E-state index is 0.00508. The van der Waals surface area contributed by atoms with E-state index in [2.05, 4.69) is 15.4 Å². The van der Waals surface area contributed by atoms with Crippen LogP contribution in [0.25, 0.3) is 0 Å². The maximum Gasteiger partial charge on any atom is 0.317 e. The molecule has 120 valence electrons. The van der Waals surface area contributed by atoms with Crippen LogP contribution in [0.15, 0.2) is 12.7 Å². The Bertz CT molecular complexity index is 517. The number of aryl methyl sites for hydroxylation is 1. The summed E-state index contributed by atoms with van der Waals surface area (Å²) in [6, 6.07) is 0.168. The Hall–Kier alpha value is -2.12. The normalized spacial score (nSPS) is 22.0. The Kier molecular flexibility index (Phi) is 4.55. The van der Waals surface area contributed by atoms with Crippen molar-refractivity contribution in [3.8, 4) is 0 Å². The molecule has 0 radical (unpaired) electrons. The van der Waals surface area contributed by atoms with Gasteiger partial charge in [0.1, 0.15) is 12.7 Å². The van der Waals surface area contributed by atoms with Crippen LogP contribution in [0.2, 0.25) is 0 Å². The van der Waals surface area contributed by atoms with E-state index in [0.717, 1.165) is 32.4 Å². The number of amides is 3. The number of likely N-dealkylation sites (tertiary alicyclic amines) is 1. The highest BCUT2D eigenvalue weighted by atomic mass is 16.2. The van der Waals surface area contributed by atoms with Crippen LogP contribution < -0.4 is 5.32 Å². The molecule has 1 unspecified atom stereocenters. The number of carbonyl (C=O) groups excluding carboxylic acids is 2. The first-order valence-corrected chi connectivity index (χ1v) is 7.88. The van der Waals surface area contributed by atoms with Crippen LogP contribution in [0.5, 0.6) is 0 Å². The quantitative estimate of drug-likeness (QED) is 0.835. The van der Waals surface area contributed by atoms with E-state index in [0.29, 0.717) is 26.1 Å². The first-order chi connectivity index (χ1) is 10.7. The number of hydrogen-bond acceptors (Lipinski definition) is 4. The summed E-state index contributed by atoms with van der Waals surface area (Å²) in [6.45, 7) is 3.63. The SMILES string of the molecule is O=C(CCCn1cncn1)N1CCCC(N2CCNC2=O)C1. The molecule has 2 aliphatic heterocycles. The van der Waals surface area contributed by atoms with Crippen molar-refractivity contribution >= 4 is 11.9 Å². The number of hydrogen-bond donors (Lipinski definition) is 1. The van der Waals surface area contributed by atoms with Crippen molar-refractivity contribution in [1.82, 2.24) is 29.9 Å². The molecule has 1 aromatic rings. The molecule has 0 bridgehead atoms. The van der Waals surface area contributed by atoms with Gasteiger partial charge in [-0.1, -0.05) is 0 Å². The van der Waals surface area contributed by atoms with Gasteiger partial charge in [0.05, 0.1) is 6.04 Å². The van der Waals surface area contributed by atoms with Gasteiger partial charge in [-0.25, -0.2) is 9.78 Å². The van der Waals surface area contributed by atoms with Crippen molar-refractivity contribution in [1.29, 1.82) is 0 Å². The highest BCUT2D eigenvalue weighted by Gasteiger charge is 2.32. The standard InChI is InChI=1S/C14H22N6O2/c21-13(4-2-7-19-11-15-10-17-19)18-6-1-3-12(9-18)20-8-5-16-14(20)22/h10-12H,1-9H2,(H,16,22). The van der Waals surface area contributed by atoms with Gasteiger partial charge in [0.2, 0.25) is 5.91 Å². The summed E-state index contributed by atoms with van der Waals surface area (Å²) in [5.74, 6) is 0.171. The molecule has 8 nitrogen and oxygen atoms in total. The summed E-state index contributed by atoms with van der Waals surface area (Å²) in [4.78, 5) is 31.7. The largest absolute Gasteiger partial charge is 0.341 e. The van der Waals surface area contributed by atoms with Crippen molar-refractivity contribution < 1.29 is 9.59 Å². The third kappa shape index (κ3) is 3.37. The molecule has 3 rings (SSSR count). The number of carbonyl (C=O) groups is 2. The Balaban J connectivity index is 1.46. The fourth-order valence-electron chi connectivity index (χ4n) is 3.17. The van der Waals surface area contributed by atoms with Crippen molar-refractivity contribution in [3.63, 3.8) is 0 Å². The molecular formula is C14H22N6O2. The minimum absolute atomic E-state index is 0.00508. The second-order valence-corrected chi connectivity index (χ2v) is 5.82. The van der Waals surface area contributed by atoms with Crippen LogP contribution in [0.4, 0.5) is 4.79 Å². The molecule has 2 aliphatic rings. The Morgan fingerprint density at radius 3 is 3.05 bits per heavy atom. The lowest BCUT2D eigenvalue weighted by Crippen LogP contribution is -2.50. The highest BCUT2D eigenvalue weighted by molar-refractivity contribution is 5.78. The molecule has 0 saturated carbocycles. The maximum atomic E-state index is 12.3. The van der Waals surface area contributed by atoms with Crippen LogP contribution in [-0.4, -0.2) is 68.7 Å². The molecular weight excluding hydrogens is 284 g/mol. The van der Waals surface area contributed by atoms with Gasteiger partial charge < -0.3 is 15.1 Å². The second-order valence-electron chi connectivity index (χ2n) is 5.82. The number of urea groups is 1. The summed E-state index contributed by atoms with van der Waals surface area (Å²) in [5.41, 5.74) is 0. The average Bonchev–Trinajstić information content (AvgIpc) is 3.19. The number of aromatic nitrogens is 3. The van der Waals surface area contributed by atoms with Gasteiger partial charge >= 0.3 is 6.03 Å². The van der Waals surface area contributed by atoms with Gasteiger partial charge in [-0.05, 0) is 19.3 Å². The van der Waals surface area contributed by atoms with E-state index in [1.54, 1.807) is 11.0 Å². The van der Waals surface area contributed by atoms with Gasteiger partial charge in [0.25, 0.3) is 0 Å². The Labute approximate surface area is 129 Å². The molecule has 8 heteroatoms. The predicted molar refractivity (Wildman–Crippen MR) is 79.0 cm³/mol. The van der Waals surface area contributed by atoms with Gasteiger partial charge in [-0.15, -0.1) is 0 Å². The lowest BCUT2D eigenvalue weighted by Gasteiger charge is -2.37. The molecule has 0 aliphatic carbocycles. The third-order valence-corrected chi connectivity index (χ3v) is 4.32. The Morgan fingerprint density at radius 1 is 1.41 bits per heavy atom. The zero-order valence-corrected chi connectivity index (χ0v) is 12.6. The summed E-state index contributed by atoms with van der Waals surface area (Å²) >= 11 is 0. The maximum absolute atomic E-state index is 12.3. The first kappa shape index (κ1) is 14.8. The smallest absolute Gasteiger partial charge is 0.317 e. The van der Waals surface area contributed by atoms with E-state index in [1.807, 2.05) is 9.80 Å². The molecule has 1 aromatic heterocycles. The Morgan fingerprint density at radius 2 is 2.32 bits per heavy atom. The topological polar surface area (TPSA) is 83.4 Å². The molecule has 1 atom stereocenters. The molecule has 22 heavy (non-hydrogen) atoms. The molecule has 1 N–H and O–H groups in total. The van der Waals surface area contributed by atoms with Gasteiger partial charge in [0.15, 0.2) is 0 Å². The molecule has 0 spiro atoms.